The summed E-state index contributed by atoms with van der Waals surface area (Å²) in [4.78, 5) is 2.45. The molecule has 2 nitrogen and oxygen atoms in total. The largest absolute Gasteiger partial charge is 0.455 e. The van der Waals surface area contributed by atoms with Gasteiger partial charge in [0.2, 0.25) is 0 Å². The molecule has 0 bridgehead atoms. The summed E-state index contributed by atoms with van der Waals surface area (Å²) in [6.45, 7) is 0. The maximum atomic E-state index is 6.75. The van der Waals surface area contributed by atoms with E-state index in [1.54, 1.807) is 0 Å². The third kappa shape index (κ3) is 4.19. The van der Waals surface area contributed by atoms with E-state index >= 15 is 0 Å². The van der Waals surface area contributed by atoms with Gasteiger partial charge in [0.15, 0.2) is 0 Å². The van der Waals surface area contributed by atoms with Crippen LogP contribution in [0, 0.1) is 0 Å². The topological polar surface area (TPSA) is 16.4 Å². The second kappa shape index (κ2) is 10.8. The van der Waals surface area contributed by atoms with E-state index in [1.807, 2.05) is 6.07 Å². The molecule has 0 fully saturated rings. The highest BCUT2D eigenvalue weighted by molar-refractivity contribution is 6.20. The number of furan rings is 1. The van der Waals surface area contributed by atoms with Crippen molar-refractivity contribution in [2.45, 2.75) is 0 Å². The van der Waals surface area contributed by atoms with Gasteiger partial charge in [-0.2, -0.15) is 0 Å². The van der Waals surface area contributed by atoms with Crippen LogP contribution in [0.1, 0.15) is 0 Å². The Labute approximate surface area is 267 Å². The highest BCUT2D eigenvalue weighted by atomic mass is 16.3. The van der Waals surface area contributed by atoms with Crippen LogP contribution >= 0.6 is 0 Å². The molecule has 0 spiro atoms. The summed E-state index contributed by atoms with van der Waals surface area (Å²) >= 11 is 0. The van der Waals surface area contributed by atoms with Gasteiger partial charge < -0.3 is 9.32 Å². The number of rotatable bonds is 5. The summed E-state index contributed by atoms with van der Waals surface area (Å²) in [5, 5.41) is 7.06. The average molecular weight is 588 g/mol. The lowest BCUT2D eigenvalue weighted by Crippen LogP contribution is -2.12. The monoisotopic (exact) mass is 587 g/mol. The quantitative estimate of drug-likeness (QED) is 0.186. The van der Waals surface area contributed by atoms with Gasteiger partial charge in [0, 0.05) is 21.9 Å². The van der Waals surface area contributed by atoms with Gasteiger partial charge in [-0.1, -0.05) is 146 Å². The summed E-state index contributed by atoms with van der Waals surface area (Å²) in [7, 11) is 0. The molecule has 1 aromatic heterocycles. The molecule has 0 aliphatic rings. The lowest BCUT2D eigenvalue weighted by atomic mass is 9.96. The maximum Gasteiger partial charge on any atom is 0.145 e. The van der Waals surface area contributed by atoms with Crippen molar-refractivity contribution in [2.24, 2.45) is 0 Å². The molecular formula is C44H29NO. The van der Waals surface area contributed by atoms with Gasteiger partial charge in [-0.15, -0.1) is 0 Å². The molecule has 0 unspecified atom stereocenters. The fourth-order valence-corrected chi connectivity index (χ4v) is 6.99. The molecule has 0 saturated heterocycles. The molecule has 0 aliphatic heterocycles. The van der Waals surface area contributed by atoms with Gasteiger partial charge in [0.05, 0.1) is 22.4 Å². The molecule has 9 rings (SSSR count). The smallest absolute Gasteiger partial charge is 0.145 e. The molecule has 0 amide bonds. The second-order valence-electron chi connectivity index (χ2n) is 11.7. The number of para-hydroxylation sites is 2. The molecule has 0 aliphatic carbocycles. The van der Waals surface area contributed by atoms with Gasteiger partial charge in [-0.05, 0) is 57.6 Å². The van der Waals surface area contributed by atoms with Crippen molar-refractivity contribution in [1.29, 1.82) is 0 Å². The summed E-state index contributed by atoms with van der Waals surface area (Å²) in [5.74, 6) is 0. The van der Waals surface area contributed by atoms with Crippen LogP contribution in [-0.4, -0.2) is 0 Å². The SMILES string of the molecule is c1ccc(-c2ccccc2N(c2cccc3ccc4ccccc4c23)c2ccc(-c3ccccc3)c3oc4ccccc4c23)cc1. The molecule has 0 saturated carbocycles. The van der Waals surface area contributed by atoms with Crippen molar-refractivity contribution in [1.82, 2.24) is 0 Å². The zero-order valence-corrected chi connectivity index (χ0v) is 25.1. The van der Waals surface area contributed by atoms with Crippen molar-refractivity contribution in [3.05, 3.63) is 176 Å². The number of hydrogen-bond donors (Lipinski definition) is 0. The van der Waals surface area contributed by atoms with Crippen LogP contribution in [0.15, 0.2) is 180 Å². The summed E-state index contributed by atoms with van der Waals surface area (Å²) in [6.07, 6.45) is 0. The van der Waals surface area contributed by atoms with Gasteiger partial charge >= 0.3 is 0 Å². The molecule has 9 aromatic rings. The molecule has 0 atom stereocenters. The number of benzene rings is 8. The Balaban J connectivity index is 1.44. The van der Waals surface area contributed by atoms with E-state index in [2.05, 4.69) is 175 Å². The van der Waals surface area contributed by atoms with E-state index in [0.29, 0.717) is 0 Å². The van der Waals surface area contributed by atoms with E-state index < -0.39 is 0 Å². The molecule has 46 heavy (non-hydrogen) atoms. The van der Waals surface area contributed by atoms with Crippen molar-refractivity contribution < 1.29 is 4.42 Å². The molecule has 2 heteroatoms. The Morgan fingerprint density at radius 3 is 1.76 bits per heavy atom. The lowest BCUT2D eigenvalue weighted by molar-refractivity contribution is 0.670. The molecule has 1 heterocycles. The van der Waals surface area contributed by atoms with Crippen molar-refractivity contribution in [2.75, 3.05) is 4.90 Å². The van der Waals surface area contributed by atoms with Gasteiger partial charge in [0.1, 0.15) is 11.2 Å². The first-order valence-corrected chi connectivity index (χ1v) is 15.7. The predicted octanol–water partition coefficient (Wildman–Crippen LogP) is 12.7. The Hall–Kier alpha value is -6.12. The normalized spacial score (nSPS) is 11.5. The zero-order valence-electron chi connectivity index (χ0n) is 25.1. The third-order valence-corrected chi connectivity index (χ3v) is 9.05. The summed E-state index contributed by atoms with van der Waals surface area (Å²) in [5.41, 5.74) is 9.60. The van der Waals surface area contributed by atoms with E-state index in [9.17, 15) is 0 Å². The van der Waals surface area contributed by atoms with E-state index in [1.165, 1.54) is 27.1 Å². The van der Waals surface area contributed by atoms with Gasteiger partial charge in [0.25, 0.3) is 0 Å². The summed E-state index contributed by atoms with van der Waals surface area (Å²) < 4.78 is 6.75. The van der Waals surface area contributed by atoms with Crippen molar-refractivity contribution in [3.8, 4) is 22.3 Å². The Kier molecular flexibility index (Phi) is 6.17. The number of anilines is 3. The first-order valence-electron chi connectivity index (χ1n) is 15.7. The molecule has 216 valence electrons. The Bertz CT molecular complexity index is 2530. The van der Waals surface area contributed by atoms with E-state index in [-0.39, 0.29) is 0 Å². The number of hydrogen-bond acceptors (Lipinski definition) is 2. The Morgan fingerprint density at radius 2 is 0.935 bits per heavy atom. The van der Waals surface area contributed by atoms with Crippen LogP contribution in [0.5, 0.6) is 0 Å². The first kappa shape index (κ1) is 26.3. The second-order valence-corrected chi connectivity index (χ2v) is 11.7. The van der Waals surface area contributed by atoms with Crippen molar-refractivity contribution >= 4 is 60.5 Å². The predicted molar refractivity (Wildman–Crippen MR) is 194 cm³/mol. The molecular weight excluding hydrogens is 558 g/mol. The highest BCUT2D eigenvalue weighted by Gasteiger charge is 2.25. The van der Waals surface area contributed by atoms with Gasteiger partial charge in [-0.25, -0.2) is 0 Å². The highest BCUT2D eigenvalue weighted by Crippen LogP contribution is 2.50. The van der Waals surface area contributed by atoms with Gasteiger partial charge in [-0.3, -0.25) is 0 Å². The van der Waals surface area contributed by atoms with Crippen LogP contribution < -0.4 is 4.90 Å². The first-order chi connectivity index (χ1) is 22.8. The molecule has 0 N–H and O–H groups in total. The van der Waals surface area contributed by atoms with Crippen LogP contribution in [0.3, 0.4) is 0 Å². The van der Waals surface area contributed by atoms with Crippen LogP contribution in [0.2, 0.25) is 0 Å². The Morgan fingerprint density at radius 1 is 0.348 bits per heavy atom. The lowest BCUT2D eigenvalue weighted by Gasteiger charge is -2.30. The standard InChI is InChI=1S/C44H29NO/c1-3-14-30(15-4-1)34-20-9-11-23-38(34)45(39-24-13-19-33-27-26-32-18-7-8-21-35(32)42(33)39)40-29-28-36(31-16-5-2-6-17-31)44-43(40)37-22-10-12-25-41(37)46-44/h1-29H. The van der Waals surface area contributed by atoms with Crippen LogP contribution in [0.4, 0.5) is 17.1 Å². The maximum absolute atomic E-state index is 6.75. The zero-order chi connectivity index (χ0) is 30.5. The third-order valence-electron chi connectivity index (χ3n) is 9.05. The minimum Gasteiger partial charge on any atom is -0.455 e. The van der Waals surface area contributed by atoms with E-state index in [4.69, 9.17) is 4.42 Å². The van der Waals surface area contributed by atoms with E-state index in [0.717, 1.165) is 55.7 Å². The molecule has 0 radical (unpaired) electrons. The fourth-order valence-electron chi connectivity index (χ4n) is 6.99. The minimum absolute atomic E-state index is 0.877. The minimum atomic E-state index is 0.877. The average Bonchev–Trinajstić information content (AvgIpc) is 3.53. The number of fused-ring (bicyclic) bond motifs is 6. The van der Waals surface area contributed by atoms with Crippen LogP contribution in [0.25, 0.3) is 65.7 Å². The number of nitrogens with zero attached hydrogens (tertiary/aromatic N) is 1. The van der Waals surface area contributed by atoms with Crippen molar-refractivity contribution in [3.63, 3.8) is 0 Å². The fraction of sp³-hybridized carbons (Fsp3) is 0. The van der Waals surface area contributed by atoms with Crippen LogP contribution in [-0.2, 0) is 0 Å². The molecule has 8 aromatic carbocycles. The summed E-state index contributed by atoms with van der Waals surface area (Å²) in [6, 6.07) is 62.6.